The molecule has 0 heterocycles. The van der Waals surface area contributed by atoms with E-state index >= 15 is 0 Å². The van der Waals surface area contributed by atoms with Crippen LogP contribution in [0, 0.1) is 11.3 Å². The minimum atomic E-state index is -0.0407. The molecule has 0 saturated carbocycles. The van der Waals surface area contributed by atoms with Gasteiger partial charge in [-0.05, 0) is 31.1 Å². The number of nitrogens with two attached hydrogens (primary N) is 1. The Bertz CT molecular complexity index is 231. The molecule has 0 amide bonds. The van der Waals surface area contributed by atoms with Crippen LogP contribution in [0.15, 0.2) is 0 Å². The molecule has 2 atom stereocenters. The Morgan fingerprint density at radius 1 is 1.29 bits per heavy atom. The van der Waals surface area contributed by atoms with Crippen LogP contribution in [0.3, 0.4) is 0 Å². The molecule has 0 bridgehead atoms. The van der Waals surface area contributed by atoms with Crippen LogP contribution in [0.1, 0.15) is 54.4 Å². The molecular formula is C14H30N2O. The highest BCUT2D eigenvalue weighted by Crippen LogP contribution is 2.19. The minimum absolute atomic E-state index is 0.0407. The smallest absolute Gasteiger partial charge is 0.146 e. The quantitative estimate of drug-likeness (QED) is 0.720. The SMILES string of the molecule is CC(=O)[C@H](CC(C)C)NC[C@@H](N)CC(C)(C)C. The molecule has 102 valence electrons. The van der Waals surface area contributed by atoms with Crippen molar-refractivity contribution >= 4 is 5.78 Å². The van der Waals surface area contributed by atoms with Gasteiger partial charge in [0.25, 0.3) is 0 Å². The lowest BCUT2D eigenvalue weighted by molar-refractivity contribution is -0.119. The highest BCUT2D eigenvalue weighted by molar-refractivity contribution is 5.81. The molecule has 0 rings (SSSR count). The zero-order valence-electron chi connectivity index (χ0n) is 12.3. The summed E-state index contributed by atoms with van der Waals surface area (Å²) in [4.78, 5) is 11.5. The Morgan fingerprint density at radius 2 is 1.82 bits per heavy atom. The molecule has 0 saturated heterocycles. The standard InChI is InChI=1S/C14H30N2O/c1-10(2)7-13(11(3)17)16-9-12(15)8-14(4,5)6/h10,12-13,16H,7-9,15H2,1-6H3/t12-,13-/m0/s1. The van der Waals surface area contributed by atoms with E-state index in [2.05, 4.69) is 39.9 Å². The van der Waals surface area contributed by atoms with E-state index in [-0.39, 0.29) is 23.3 Å². The fourth-order valence-electron chi connectivity index (χ4n) is 2.02. The number of carbonyl (C=O) groups is 1. The zero-order valence-corrected chi connectivity index (χ0v) is 12.3. The first-order valence-corrected chi connectivity index (χ1v) is 6.61. The highest BCUT2D eigenvalue weighted by atomic mass is 16.1. The maximum atomic E-state index is 11.5. The Hall–Kier alpha value is -0.410. The summed E-state index contributed by atoms with van der Waals surface area (Å²) in [5.74, 6) is 0.733. The fraction of sp³-hybridized carbons (Fsp3) is 0.929. The Morgan fingerprint density at radius 3 is 2.18 bits per heavy atom. The lowest BCUT2D eigenvalue weighted by Gasteiger charge is -2.25. The molecule has 0 aromatic carbocycles. The van der Waals surface area contributed by atoms with E-state index in [0.29, 0.717) is 12.5 Å². The van der Waals surface area contributed by atoms with Crippen molar-refractivity contribution in [3.8, 4) is 0 Å². The average Bonchev–Trinajstić information content (AvgIpc) is 2.08. The molecule has 17 heavy (non-hydrogen) atoms. The Balaban J connectivity index is 4.08. The van der Waals surface area contributed by atoms with Gasteiger partial charge in [0.1, 0.15) is 5.78 Å². The van der Waals surface area contributed by atoms with E-state index in [1.165, 1.54) is 0 Å². The van der Waals surface area contributed by atoms with E-state index in [9.17, 15) is 4.79 Å². The van der Waals surface area contributed by atoms with Crippen LogP contribution in [0.5, 0.6) is 0 Å². The Labute approximate surface area is 107 Å². The minimum Gasteiger partial charge on any atom is -0.327 e. The van der Waals surface area contributed by atoms with E-state index in [1.54, 1.807) is 6.92 Å². The summed E-state index contributed by atoms with van der Waals surface area (Å²) in [6.07, 6.45) is 1.85. The predicted molar refractivity (Wildman–Crippen MR) is 74.0 cm³/mol. The van der Waals surface area contributed by atoms with E-state index in [1.807, 2.05) is 0 Å². The van der Waals surface area contributed by atoms with Crippen molar-refractivity contribution in [1.29, 1.82) is 0 Å². The summed E-state index contributed by atoms with van der Waals surface area (Å²) >= 11 is 0. The fourth-order valence-corrected chi connectivity index (χ4v) is 2.02. The molecule has 3 nitrogen and oxygen atoms in total. The van der Waals surface area contributed by atoms with Crippen molar-refractivity contribution in [2.75, 3.05) is 6.54 Å². The van der Waals surface area contributed by atoms with Gasteiger partial charge in [0, 0.05) is 12.6 Å². The molecule has 0 aromatic heterocycles. The topological polar surface area (TPSA) is 55.1 Å². The van der Waals surface area contributed by atoms with Gasteiger partial charge in [-0.2, -0.15) is 0 Å². The first kappa shape index (κ1) is 16.6. The van der Waals surface area contributed by atoms with Crippen LogP contribution in [-0.4, -0.2) is 24.4 Å². The molecule has 3 N–H and O–H groups in total. The van der Waals surface area contributed by atoms with Crippen molar-refractivity contribution < 1.29 is 4.79 Å². The second-order valence-electron chi connectivity index (χ2n) is 6.73. The van der Waals surface area contributed by atoms with Crippen LogP contribution in [0.4, 0.5) is 0 Å². The normalized spacial score (nSPS) is 16.0. The van der Waals surface area contributed by atoms with Crippen molar-refractivity contribution in [2.24, 2.45) is 17.1 Å². The average molecular weight is 242 g/mol. The molecule has 0 aliphatic carbocycles. The van der Waals surface area contributed by atoms with Gasteiger partial charge in [-0.3, -0.25) is 4.79 Å². The summed E-state index contributed by atoms with van der Waals surface area (Å²) in [6.45, 7) is 13.2. The maximum Gasteiger partial charge on any atom is 0.146 e. The van der Waals surface area contributed by atoms with Crippen LogP contribution in [0.2, 0.25) is 0 Å². The highest BCUT2D eigenvalue weighted by Gasteiger charge is 2.19. The summed E-state index contributed by atoms with van der Waals surface area (Å²) in [7, 11) is 0. The summed E-state index contributed by atoms with van der Waals surface area (Å²) < 4.78 is 0. The van der Waals surface area contributed by atoms with Gasteiger partial charge < -0.3 is 11.1 Å². The predicted octanol–water partition coefficient (Wildman–Crippen LogP) is 2.34. The van der Waals surface area contributed by atoms with Gasteiger partial charge in [-0.25, -0.2) is 0 Å². The van der Waals surface area contributed by atoms with Gasteiger partial charge in [0.15, 0.2) is 0 Å². The molecule has 0 aromatic rings. The van der Waals surface area contributed by atoms with Gasteiger partial charge in [0.2, 0.25) is 0 Å². The molecule has 0 spiro atoms. The largest absolute Gasteiger partial charge is 0.327 e. The number of ketones is 1. The Kier molecular flexibility index (Phi) is 6.95. The summed E-state index contributed by atoms with van der Waals surface area (Å²) in [5.41, 5.74) is 6.31. The first-order chi connectivity index (χ1) is 7.61. The van der Waals surface area contributed by atoms with Gasteiger partial charge >= 0.3 is 0 Å². The van der Waals surface area contributed by atoms with E-state index < -0.39 is 0 Å². The molecule has 0 aliphatic rings. The number of carbonyl (C=O) groups excluding carboxylic acids is 1. The lowest BCUT2D eigenvalue weighted by Crippen LogP contribution is -2.44. The number of rotatable bonds is 7. The van der Waals surface area contributed by atoms with Crippen molar-refractivity contribution in [1.82, 2.24) is 5.32 Å². The molecule has 0 radical (unpaired) electrons. The summed E-state index contributed by atoms with van der Waals surface area (Å²) in [6, 6.07) is 0.0741. The molecule has 0 fully saturated rings. The monoisotopic (exact) mass is 242 g/mol. The molecule has 0 aliphatic heterocycles. The lowest BCUT2D eigenvalue weighted by atomic mass is 9.88. The third-order valence-corrected chi connectivity index (χ3v) is 2.70. The molecular weight excluding hydrogens is 212 g/mol. The second kappa shape index (κ2) is 7.12. The van der Waals surface area contributed by atoms with E-state index in [0.717, 1.165) is 12.8 Å². The summed E-state index contributed by atoms with van der Waals surface area (Å²) in [5, 5.41) is 3.30. The van der Waals surface area contributed by atoms with Crippen LogP contribution < -0.4 is 11.1 Å². The number of hydrogen-bond acceptors (Lipinski definition) is 3. The van der Waals surface area contributed by atoms with Crippen molar-refractivity contribution in [2.45, 2.75) is 66.5 Å². The number of nitrogens with one attached hydrogen (secondary N) is 1. The third kappa shape index (κ3) is 9.31. The van der Waals surface area contributed by atoms with Gasteiger partial charge in [-0.1, -0.05) is 34.6 Å². The van der Waals surface area contributed by atoms with Gasteiger partial charge in [-0.15, -0.1) is 0 Å². The van der Waals surface area contributed by atoms with Crippen LogP contribution in [0.25, 0.3) is 0 Å². The molecule has 0 unspecified atom stereocenters. The van der Waals surface area contributed by atoms with Crippen LogP contribution in [-0.2, 0) is 4.79 Å². The van der Waals surface area contributed by atoms with Crippen molar-refractivity contribution in [3.05, 3.63) is 0 Å². The number of Topliss-reactive ketones (excluding diaryl/α,β-unsaturated/α-hetero) is 1. The number of hydrogen-bond donors (Lipinski definition) is 2. The maximum absolute atomic E-state index is 11.5. The zero-order chi connectivity index (χ0) is 13.6. The third-order valence-electron chi connectivity index (χ3n) is 2.70. The molecule has 3 heteroatoms. The van der Waals surface area contributed by atoms with Crippen molar-refractivity contribution in [3.63, 3.8) is 0 Å². The first-order valence-electron chi connectivity index (χ1n) is 6.61. The van der Waals surface area contributed by atoms with E-state index in [4.69, 9.17) is 5.73 Å². The second-order valence-corrected chi connectivity index (χ2v) is 6.73. The van der Waals surface area contributed by atoms with Crippen LogP contribution >= 0.6 is 0 Å². The van der Waals surface area contributed by atoms with Gasteiger partial charge in [0.05, 0.1) is 6.04 Å².